The number of rotatable bonds is 7. The average molecular weight is 201 g/mol. The third-order valence-electron chi connectivity index (χ3n) is 2.43. The van der Waals surface area contributed by atoms with Crippen LogP contribution in [-0.2, 0) is 4.79 Å². The first-order valence-electron chi connectivity index (χ1n) is 5.43. The largest absolute Gasteiger partial charge is 0.481 e. The molecule has 0 saturated carbocycles. The highest BCUT2D eigenvalue weighted by molar-refractivity contribution is 5.66. The van der Waals surface area contributed by atoms with E-state index in [0.29, 0.717) is 18.5 Å². The zero-order valence-electron chi connectivity index (χ0n) is 9.79. The summed E-state index contributed by atoms with van der Waals surface area (Å²) in [4.78, 5) is 12.7. The molecule has 3 heteroatoms. The molecule has 14 heavy (non-hydrogen) atoms. The molecule has 0 radical (unpaired) electrons. The SMILES string of the molecule is CCC(C)N(CCC(=O)O)CC(C)C. The molecule has 1 N–H and O–H groups in total. The van der Waals surface area contributed by atoms with Gasteiger partial charge in [0, 0.05) is 19.1 Å². The molecule has 0 rings (SSSR count). The zero-order valence-corrected chi connectivity index (χ0v) is 9.79. The van der Waals surface area contributed by atoms with Gasteiger partial charge in [0.1, 0.15) is 0 Å². The van der Waals surface area contributed by atoms with Crippen LogP contribution in [0.25, 0.3) is 0 Å². The van der Waals surface area contributed by atoms with Crippen LogP contribution in [0, 0.1) is 5.92 Å². The number of carboxylic acids is 1. The molecule has 0 spiro atoms. The smallest absolute Gasteiger partial charge is 0.304 e. The first kappa shape index (κ1) is 13.4. The topological polar surface area (TPSA) is 40.5 Å². The summed E-state index contributed by atoms with van der Waals surface area (Å²) >= 11 is 0. The number of nitrogens with zero attached hydrogens (tertiary/aromatic N) is 1. The van der Waals surface area contributed by atoms with Gasteiger partial charge in [0.15, 0.2) is 0 Å². The molecule has 0 aromatic heterocycles. The summed E-state index contributed by atoms with van der Waals surface area (Å²) in [5.74, 6) is -0.111. The zero-order chi connectivity index (χ0) is 11.1. The predicted molar refractivity (Wildman–Crippen MR) is 58.4 cm³/mol. The number of aliphatic carboxylic acids is 1. The van der Waals surface area contributed by atoms with Crippen molar-refractivity contribution in [2.24, 2.45) is 5.92 Å². The van der Waals surface area contributed by atoms with Crippen molar-refractivity contribution < 1.29 is 9.90 Å². The van der Waals surface area contributed by atoms with E-state index in [2.05, 4.69) is 32.6 Å². The third-order valence-corrected chi connectivity index (χ3v) is 2.43. The quantitative estimate of drug-likeness (QED) is 0.686. The summed E-state index contributed by atoms with van der Waals surface area (Å²) in [6, 6.07) is 0.483. The first-order valence-corrected chi connectivity index (χ1v) is 5.43. The second-order valence-electron chi connectivity index (χ2n) is 4.29. The first-order chi connectivity index (χ1) is 6.47. The number of hydrogen-bond donors (Lipinski definition) is 1. The van der Waals surface area contributed by atoms with Crippen molar-refractivity contribution in [3.05, 3.63) is 0 Å². The van der Waals surface area contributed by atoms with Crippen molar-refractivity contribution >= 4 is 5.97 Å². The number of carbonyl (C=O) groups is 1. The van der Waals surface area contributed by atoms with E-state index in [1.54, 1.807) is 0 Å². The molecule has 0 aliphatic rings. The second-order valence-corrected chi connectivity index (χ2v) is 4.29. The molecule has 0 saturated heterocycles. The highest BCUT2D eigenvalue weighted by Crippen LogP contribution is 2.08. The van der Waals surface area contributed by atoms with E-state index < -0.39 is 5.97 Å². The Morgan fingerprint density at radius 3 is 2.29 bits per heavy atom. The van der Waals surface area contributed by atoms with Crippen LogP contribution in [0.4, 0.5) is 0 Å². The Labute approximate surface area is 87.1 Å². The predicted octanol–water partition coefficient (Wildman–Crippen LogP) is 2.22. The lowest BCUT2D eigenvalue weighted by atomic mass is 10.1. The molecular formula is C11H23NO2. The van der Waals surface area contributed by atoms with E-state index in [1.807, 2.05) is 0 Å². The summed E-state index contributed by atoms with van der Waals surface area (Å²) in [6.45, 7) is 10.3. The molecule has 0 aliphatic carbocycles. The van der Waals surface area contributed by atoms with Gasteiger partial charge in [-0.15, -0.1) is 0 Å². The van der Waals surface area contributed by atoms with Crippen molar-refractivity contribution in [2.45, 2.75) is 46.6 Å². The molecule has 3 nitrogen and oxygen atoms in total. The highest BCUT2D eigenvalue weighted by Gasteiger charge is 2.14. The molecule has 0 aromatic rings. The maximum Gasteiger partial charge on any atom is 0.304 e. The minimum atomic E-state index is -0.706. The van der Waals surface area contributed by atoms with E-state index >= 15 is 0 Å². The maximum absolute atomic E-state index is 10.5. The normalized spacial score (nSPS) is 13.6. The van der Waals surface area contributed by atoms with Gasteiger partial charge >= 0.3 is 5.97 Å². The van der Waals surface area contributed by atoms with Crippen LogP contribution in [0.15, 0.2) is 0 Å². The third kappa shape index (κ3) is 5.97. The molecule has 0 fully saturated rings. The lowest BCUT2D eigenvalue weighted by molar-refractivity contribution is -0.137. The molecule has 84 valence electrons. The standard InChI is InChI=1S/C11H23NO2/c1-5-10(4)12(8-9(2)3)7-6-11(13)14/h9-10H,5-8H2,1-4H3,(H,13,14). The Morgan fingerprint density at radius 2 is 1.93 bits per heavy atom. The van der Waals surface area contributed by atoms with Gasteiger partial charge in [0.25, 0.3) is 0 Å². The van der Waals surface area contributed by atoms with Crippen molar-refractivity contribution in [2.75, 3.05) is 13.1 Å². The molecule has 0 aliphatic heterocycles. The van der Waals surface area contributed by atoms with Gasteiger partial charge in [-0.3, -0.25) is 9.69 Å². The Hall–Kier alpha value is -0.570. The van der Waals surface area contributed by atoms with Crippen LogP contribution in [0.5, 0.6) is 0 Å². The van der Waals surface area contributed by atoms with Crippen LogP contribution in [-0.4, -0.2) is 35.1 Å². The van der Waals surface area contributed by atoms with Gasteiger partial charge in [0.05, 0.1) is 6.42 Å². The second kappa shape index (κ2) is 6.82. The van der Waals surface area contributed by atoms with E-state index in [-0.39, 0.29) is 6.42 Å². The van der Waals surface area contributed by atoms with Gasteiger partial charge < -0.3 is 5.11 Å². The van der Waals surface area contributed by atoms with Crippen LogP contribution in [0.1, 0.15) is 40.5 Å². The monoisotopic (exact) mass is 201 g/mol. The molecule has 1 unspecified atom stereocenters. The summed E-state index contributed by atoms with van der Waals surface area (Å²) in [7, 11) is 0. The van der Waals surface area contributed by atoms with Gasteiger partial charge in [-0.2, -0.15) is 0 Å². The number of hydrogen-bond acceptors (Lipinski definition) is 2. The van der Waals surface area contributed by atoms with Crippen molar-refractivity contribution in [1.29, 1.82) is 0 Å². The van der Waals surface area contributed by atoms with E-state index in [9.17, 15) is 4.79 Å². The van der Waals surface area contributed by atoms with E-state index in [4.69, 9.17) is 5.11 Å². The fourth-order valence-corrected chi connectivity index (χ4v) is 1.46. The van der Waals surface area contributed by atoms with E-state index in [1.165, 1.54) is 0 Å². The summed E-state index contributed by atoms with van der Waals surface area (Å²) in [5.41, 5.74) is 0. The van der Waals surface area contributed by atoms with Gasteiger partial charge in [-0.25, -0.2) is 0 Å². The van der Waals surface area contributed by atoms with E-state index in [0.717, 1.165) is 13.0 Å². The molecule has 0 aromatic carbocycles. The Kier molecular flexibility index (Phi) is 6.54. The minimum Gasteiger partial charge on any atom is -0.481 e. The highest BCUT2D eigenvalue weighted by atomic mass is 16.4. The average Bonchev–Trinajstić information content (AvgIpc) is 2.10. The Bertz CT molecular complexity index is 169. The number of carboxylic acid groups (broad SMARTS) is 1. The summed E-state index contributed by atoms with van der Waals surface area (Å²) in [6.07, 6.45) is 1.32. The maximum atomic E-state index is 10.5. The lowest BCUT2D eigenvalue weighted by Gasteiger charge is -2.29. The molecule has 0 heterocycles. The molecule has 0 amide bonds. The van der Waals surface area contributed by atoms with Crippen LogP contribution < -0.4 is 0 Å². The summed E-state index contributed by atoms with van der Waals surface area (Å²) in [5, 5.41) is 8.62. The summed E-state index contributed by atoms with van der Waals surface area (Å²) < 4.78 is 0. The Balaban J connectivity index is 4.03. The van der Waals surface area contributed by atoms with Crippen LogP contribution >= 0.6 is 0 Å². The molecular weight excluding hydrogens is 178 g/mol. The van der Waals surface area contributed by atoms with Gasteiger partial charge in [-0.05, 0) is 19.3 Å². The van der Waals surface area contributed by atoms with Crippen LogP contribution in [0.3, 0.4) is 0 Å². The van der Waals surface area contributed by atoms with Crippen molar-refractivity contribution in [1.82, 2.24) is 4.90 Å². The van der Waals surface area contributed by atoms with Gasteiger partial charge in [-0.1, -0.05) is 20.8 Å². The fraction of sp³-hybridized carbons (Fsp3) is 0.909. The van der Waals surface area contributed by atoms with Gasteiger partial charge in [0.2, 0.25) is 0 Å². The van der Waals surface area contributed by atoms with Crippen LogP contribution in [0.2, 0.25) is 0 Å². The molecule has 0 bridgehead atoms. The lowest BCUT2D eigenvalue weighted by Crippen LogP contribution is -2.37. The van der Waals surface area contributed by atoms with Crippen molar-refractivity contribution in [3.63, 3.8) is 0 Å². The fourth-order valence-electron chi connectivity index (χ4n) is 1.46. The minimum absolute atomic E-state index is 0.247. The Morgan fingerprint density at radius 1 is 1.36 bits per heavy atom. The van der Waals surface area contributed by atoms with Crippen molar-refractivity contribution in [3.8, 4) is 0 Å². The molecule has 1 atom stereocenters.